The third-order valence-electron chi connectivity index (χ3n) is 6.41. The predicted molar refractivity (Wildman–Crippen MR) is 118 cm³/mol. The number of likely N-dealkylation sites (tertiary alicyclic amines) is 1. The van der Waals surface area contributed by atoms with Gasteiger partial charge in [0.15, 0.2) is 11.3 Å². The number of nitrogens with zero attached hydrogens (tertiary/aromatic N) is 5. The van der Waals surface area contributed by atoms with Crippen LogP contribution >= 0.6 is 0 Å². The molecule has 5 heterocycles. The van der Waals surface area contributed by atoms with Crippen LogP contribution in [0, 0.1) is 0 Å². The van der Waals surface area contributed by atoms with E-state index in [1.165, 1.54) is 0 Å². The number of carbonyl (C=O) groups excluding carboxylic acids is 1. The number of pyridine rings is 2. The number of imidazole rings is 1. The second kappa shape index (κ2) is 8.82. The summed E-state index contributed by atoms with van der Waals surface area (Å²) in [5.41, 5.74) is 0.305. The summed E-state index contributed by atoms with van der Waals surface area (Å²) in [7, 11) is 0. The predicted octanol–water partition coefficient (Wildman–Crippen LogP) is 2.51. The maximum atomic E-state index is 15.2. The Kier molecular flexibility index (Phi) is 6.10. The first-order valence-corrected chi connectivity index (χ1v) is 10.8. The van der Waals surface area contributed by atoms with Crippen LogP contribution in [0.1, 0.15) is 39.2 Å². The van der Waals surface area contributed by atoms with Gasteiger partial charge in [-0.25, -0.2) is 14.4 Å². The van der Waals surface area contributed by atoms with Gasteiger partial charge in [0.25, 0.3) is 11.6 Å². The van der Waals surface area contributed by atoms with Crippen molar-refractivity contribution in [2.45, 2.75) is 44.8 Å². The highest BCUT2D eigenvalue weighted by molar-refractivity contribution is 5.85. The first-order valence-electron chi connectivity index (χ1n) is 10.8. The van der Waals surface area contributed by atoms with E-state index < -0.39 is 5.67 Å². The molecule has 2 N–H and O–H groups in total. The van der Waals surface area contributed by atoms with Gasteiger partial charge in [-0.1, -0.05) is 7.43 Å². The normalized spacial score (nSPS) is 19.0. The van der Waals surface area contributed by atoms with E-state index in [0.717, 1.165) is 15.9 Å². The van der Waals surface area contributed by atoms with Gasteiger partial charge in [0.1, 0.15) is 5.52 Å². The fourth-order valence-corrected chi connectivity index (χ4v) is 4.72. The van der Waals surface area contributed by atoms with Crippen molar-refractivity contribution < 1.29 is 19.1 Å². The highest BCUT2D eigenvalue weighted by Crippen LogP contribution is 2.33. The molecule has 2 aliphatic rings. The molecule has 8 nitrogen and oxygen atoms in total. The molecule has 0 saturated carbocycles. The van der Waals surface area contributed by atoms with Crippen LogP contribution in [-0.2, 0) is 4.79 Å². The van der Waals surface area contributed by atoms with E-state index in [2.05, 4.69) is 14.9 Å². The Labute approximate surface area is 186 Å². The lowest BCUT2D eigenvalue weighted by molar-refractivity contribution is -0.896. The monoisotopic (exact) mass is 441 g/mol. The SMILES string of the molecule is C.O=C(N1CCC(n2c(-c3cccc[n+]3O)nc3cccnc32)CC1)C1(F)CCNCC1. The summed E-state index contributed by atoms with van der Waals surface area (Å²) in [6, 6.07) is 9.17. The molecule has 0 bridgehead atoms. The third-order valence-corrected chi connectivity index (χ3v) is 6.41. The fraction of sp³-hybridized carbons (Fsp3) is 0.478. The summed E-state index contributed by atoms with van der Waals surface area (Å²) in [6.07, 6.45) is 5.10. The van der Waals surface area contributed by atoms with Crippen LogP contribution in [0.5, 0.6) is 0 Å². The Morgan fingerprint density at radius 1 is 1.19 bits per heavy atom. The first kappa shape index (κ1) is 22.1. The van der Waals surface area contributed by atoms with Gasteiger partial charge in [0.05, 0.1) is 0 Å². The molecular formula is C23H30FN6O2+. The number of piperidine rings is 2. The minimum atomic E-state index is -1.75. The Hall–Kier alpha value is -3.07. The first-order chi connectivity index (χ1) is 15.1. The largest absolute Gasteiger partial charge is 0.340 e. The van der Waals surface area contributed by atoms with Gasteiger partial charge in [-0.3, -0.25) is 10.0 Å². The van der Waals surface area contributed by atoms with E-state index in [9.17, 15) is 10.0 Å². The second-order valence-electron chi connectivity index (χ2n) is 8.32. The number of amides is 1. The Morgan fingerprint density at radius 2 is 1.94 bits per heavy atom. The van der Waals surface area contributed by atoms with E-state index in [-0.39, 0.29) is 32.2 Å². The zero-order valence-corrected chi connectivity index (χ0v) is 17.2. The molecule has 2 fully saturated rings. The molecule has 0 aliphatic carbocycles. The summed E-state index contributed by atoms with van der Waals surface area (Å²) in [4.78, 5) is 23.8. The molecule has 170 valence electrons. The number of hydrogen-bond donors (Lipinski definition) is 2. The number of fused-ring (bicyclic) bond motifs is 1. The fourth-order valence-electron chi connectivity index (χ4n) is 4.72. The molecule has 3 aromatic heterocycles. The van der Waals surface area contributed by atoms with Crippen molar-refractivity contribution in [3.8, 4) is 11.5 Å². The van der Waals surface area contributed by atoms with Crippen LogP contribution in [0.3, 0.4) is 0 Å². The summed E-state index contributed by atoms with van der Waals surface area (Å²) >= 11 is 0. The lowest BCUT2D eigenvalue weighted by Crippen LogP contribution is -2.53. The topological polar surface area (TPSA) is 87.2 Å². The average molecular weight is 442 g/mol. The molecule has 0 aromatic carbocycles. The number of carbonyl (C=O) groups is 1. The van der Waals surface area contributed by atoms with Gasteiger partial charge in [0, 0.05) is 55.0 Å². The van der Waals surface area contributed by atoms with Gasteiger partial charge in [-0.2, -0.15) is 0 Å². The van der Waals surface area contributed by atoms with Gasteiger partial charge < -0.3 is 14.8 Å². The zero-order valence-electron chi connectivity index (χ0n) is 17.2. The molecule has 5 rings (SSSR count). The minimum Gasteiger partial charge on any atom is -0.340 e. The van der Waals surface area contributed by atoms with Crippen molar-refractivity contribution >= 4 is 17.1 Å². The quantitative estimate of drug-likeness (QED) is 0.482. The summed E-state index contributed by atoms with van der Waals surface area (Å²) in [5, 5.41) is 13.5. The molecule has 3 aromatic rings. The molecule has 0 unspecified atom stereocenters. The highest BCUT2D eigenvalue weighted by atomic mass is 19.1. The second-order valence-corrected chi connectivity index (χ2v) is 8.32. The van der Waals surface area contributed by atoms with Gasteiger partial charge in [0.2, 0.25) is 12.0 Å². The minimum absolute atomic E-state index is 0. The smallest absolute Gasteiger partial charge is 0.299 e. The maximum absolute atomic E-state index is 15.2. The highest BCUT2D eigenvalue weighted by Gasteiger charge is 2.43. The molecule has 32 heavy (non-hydrogen) atoms. The van der Waals surface area contributed by atoms with Crippen molar-refractivity contribution in [2.24, 2.45) is 0 Å². The maximum Gasteiger partial charge on any atom is 0.299 e. The van der Waals surface area contributed by atoms with Crippen LogP contribution < -0.4 is 10.0 Å². The van der Waals surface area contributed by atoms with Crippen LogP contribution in [0.15, 0.2) is 42.7 Å². The Bertz CT molecular complexity index is 1100. The van der Waals surface area contributed by atoms with Crippen LogP contribution in [0.25, 0.3) is 22.7 Å². The van der Waals surface area contributed by atoms with Gasteiger partial charge >= 0.3 is 0 Å². The molecule has 1 amide bonds. The van der Waals surface area contributed by atoms with E-state index in [4.69, 9.17) is 4.98 Å². The molecule has 9 heteroatoms. The molecule has 2 saturated heterocycles. The molecule has 0 atom stereocenters. The zero-order chi connectivity index (χ0) is 21.4. The summed E-state index contributed by atoms with van der Waals surface area (Å²) < 4.78 is 18.3. The number of rotatable bonds is 3. The van der Waals surface area contributed by atoms with Gasteiger partial charge in [-0.05, 0) is 44.1 Å². The van der Waals surface area contributed by atoms with Crippen molar-refractivity contribution in [1.82, 2.24) is 24.8 Å². The van der Waals surface area contributed by atoms with E-state index >= 15 is 4.39 Å². The lowest BCUT2D eigenvalue weighted by Gasteiger charge is -2.38. The number of halogens is 1. The molecule has 0 spiro atoms. The molecular weight excluding hydrogens is 411 g/mol. The summed E-state index contributed by atoms with van der Waals surface area (Å²) in [6.45, 7) is 2.05. The number of nitrogens with one attached hydrogen (secondary N) is 1. The van der Waals surface area contributed by atoms with Crippen molar-refractivity contribution in [3.63, 3.8) is 0 Å². The van der Waals surface area contributed by atoms with Crippen molar-refractivity contribution in [3.05, 3.63) is 42.7 Å². The van der Waals surface area contributed by atoms with Crippen LogP contribution in [0.4, 0.5) is 4.39 Å². The summed E-state index contributed by atoms with van der Waals surface area (Å²) in [5.74, 6) is 0.249. The standard InChI is InChI=1S/C22H26FN6O2.CH4/c23-22(8-11-24-12-9-22)21(30)27-14-6-16(7-15-27)29-19-17(4-3-10-25-19)26-20(29)18-5-1-2-13-28(18)31;/h1-5,10,13,16,24,31H,6-9,11-12,14-15H2;1H4/q+1;. The lowest BCUT2D eigenvalue weighted by atomic mass is 9.91. The Morgan fingerprint density at radius 3 is 2.66 bits per heavy atom. The van der Waals surface area contributed by atoms with E-state index in [1.807, 2.05) is 18.2 Å². The molecule has 0 radical (unpaired) electrons. The van der Waals surface area contributed by atoms with Crippen LogP contribution in [-0.4, -0.2) is 62.4 Å². The number of aromatic nitrogens is 4. The average Bonchev–Trinajstić information content (AvgIpc) is 3.19. The number of hydrogen-bond acceptors (Lipinski definition) is 5. The Balaban J connectivity index is 0.00000245. The van der Waals surface area contributed by atoms with E-state index in [0.29, 0.717) is 50.5 Å². The van der Waals surface area contributed by atoms with Crippen molar-refractivity contribution in [2.75, 3.05) is 26.2 Å². The van der Waals surface area contributed by atoms with Crippen molar-refractivity contribution in [1.29, 1.82) is 0 Å². The molecule has 2 aliphatic heterocycles. The third kappa shape index (κ3) is 3.81. The van der Waals surface area contributed by atoms with E-state index in [1.54, 1.807) is 29.4 Å². The van der Waals surface area contributed by atoms with Crippen LogP contribution in [0.2, 0.25) is 0 Å². The van der Waals surface area contributed by atoms with Gasteiger partial charge in [-0.15, -0.1) is 0 Å². The number of alkyl halides is 1.